The first kappa shape index (κ1) is 32.0. The van der Waals surface area contributed by atoms with E-state index in [0.29, 0.717) is 52.3 Å². The minimum absolute atomic E-state index is 0.0511. The Morgan fingerprint density at radius 2 is 1.75 bits per heavy atom. The zero-order valence-electron chi connectivity index (χ0n) is 25.2. The van der Waals surface area contributed by atoms with Crippen molar-refractivity contribution >= 4 is 29.0 Å². The number of aryl methyl sites for hydroxylation is 1. The summed E-state index contributed by atoms with van der Waals surface area (Å²) < 4.78 is 46.6. The SMILES string of the molecule is CNc1nccc(-c2cccnc2Oc2ccc(NC(=O)Nc3cc(C(F)(F)F)ccc3N(C)CCCN(C)C)cc2C)n1. The van der Waals surface area contributed by atoms with E-state index < -0.39 is 17.8 Å². The fourth-order valence-corrected chi connectivity index (χ4v) is 4.42. The van der Waals surface area contributed by atoms with Crippen LogP contribution in [-0.2, 0) is 6.18 Å². The minimum atomic E-state index is -4.56. The van der Waals surface area contributed by atoms with Crippen LogP contribution in [-0.4, -0.2) is 67.2 Å². The molecule has 44 heavy (non-hydrogen) atoms. The molecule has 0 saturated heterocycles. The molecule has 0 aliphatic carbocycles. The smallest absolute Gasteiger partial charge is 0.416 e. The Labute approximate surface area is 254 Å². The number of nitrogens with one attached hydrogen (secondary N) is 3. The molecule has 0 spiro atoms. The summed E-state index contributed by atoms with van der Waals surface area (Å²) in [6.07, 6.45) is -0.526. The van der Waals surface area contributed by atoms with Gasteiger partial charge >= 0.3 is 12.2 Å². The van der Waals surface area contributed by atoms with Crippen molar-refractivity contribution < 1.29 is 22.7 Å². The number of halogens is 3. The van der Waals surface area contributed by atoms with E-state index in [1.54, 1.807) is 63.7 Å². The molecule has 2 amide bonds. The molecule has 0 bridgehead atoms. The Bertz CT molecular complexity index is 1600. The van der Waals surface area contributed by atoms with E-state index in [0.717, 1.165) is 25.1 Å². The zero-order chi connectivity index (χ0) is 31.9. The fourth-order valence-electron chi connectivity index (χ4n) is 4.42. The molecule has 0 atom stereocenters. The molecule has 13 heteroatoms. The van der Waals surface area contributed by atoms with Gasteiger partial charge in [-0.15, -0.1) is 0 Å². The van der Waals surface area contributed by atoms with Gasteiger partial charge in [-0.3, -0.25) is 0 Å². The van der Waals surface area contributed by atoms with Crippen molar-refractivity contribution in [2.24, 2.45) is 0 Å². The number of rotatable bonds is 11. The summed E-state index contributed by atoms with van der Waals surface area (Å²) in [5.74, 6) is 1.29. The third-order valence-electron chi connectivity index (χ3n) is 6.65. The van der Waals surface area contributed by atoms with Gasteiger partial charge in [0.25, 0.3) is 0 Å². The van der Waals surface area contributed by atoms with Crippen molar-refractivity contribution in [3.8, 4) is 22.9 Å². The van der Waals surface area contributed by atoms with Gasteiger partial charge in [0.05, 0.1) is 28.2 Å². The number of alkyl halides is 3. The zero-order valence-corrected chi connectivity index (χ0v) is 25.2. The Balaban J connectivity index is 1.50. The molecule has 0 radical (unpaired) electrons. The first-order valence-electron chi connectivity index (χ1n) is 13.8. The molecule has 232 valence electrons. The maximum atomic E-state index is 13.5. The molecule has 2 aromatic carbocycles. The van der Waals surface area contributed by atoms with Gasteiger partial charge in [-0.1, -0.05) is 0 Å². The van der Waals surface area contributed by atoms with Crippen LogP contribution < -0.4 is 25.6 Å². The molecule has 0 aliphatic rings. The Morgan fingerprint density at radius 3 is 2.45 bits per heavy atom. The molecule has 0 unspecified atom stereocenters. The number of hydrogen-bond donors (Lipinski definition) is 3. The Hall–Kier alpha value is -4.91. The molecule has 2 heterocycles. The number of urea groups is 1. The lowest BCUT2D eigenvalue weighted by Gasteiger charge is -2.24. The lowest BCUT2D eigenvalue weighted by Crippen LogP contribution is -2.26. The first-order valence-corrected chi connectivity index (χ1v) is 13.8. The summed E-state index contributed by atoms with van der Waals surface area (Å²) in [4.78, 5) is 29.8. The molecule has 4 rings (SSSR count). The Kier molecular flexibility index (Phi) is 10.2. The van der Waals surface area contributed by atoms with Crippen molar-refractivity contribution in [2.45, 2.75) is 19.5 Å². The number of pyridine rings is 1. The number of anilines is 4. The minimum Gasteiger partial charge on any atom is -0.438 e. The summed E-state index contributed by atoms with van der Waals surface area (Å²) >= 11 is 0. The van der Waals surface area contributed by atoms with E-state index in [4.69, 9.17) is 4.74 Å². The normalized spacial score (nSPS) is 11.3. The van der Waals surface area contributed by atoms with Gasteiger partial charge in [0, 0.05) is 38.7 Å². The van der Waals surface area contributed by atoms with Gasteiger partial charge in [-0.25, -0.2) is 19.7 Å². The van der Waals surface area contributed by atoms with Crippen LogP contribution in [0.4, 0.5) is 41.0 Å². The van der Waals surface area contributed by atoms with Gasteiger partial charge in [0.15, 0.2) is 0 Å². The molecule has 10 nitrogen and oxygen atoms in total. The highest BCUT2D eigenvalue weighted by Crippen LogP contribution is 2.36. The van der Waals surface area contributed by atoms with Crippen LogP contribution in [0.3, 0.4) is 0 Å². The van der Waals surface area contributed by atoms with E-state index in [2.05, 4.69) is 30.9 Å². The van der Waals surface area contributed by atoms with E-state index >= 15 is 0 Å². The van der Waals surface area contributed by atoms with Gasteiger partial charge in [0.1, 0.15) is 5.75 Å². The highest BCUT2D eigenvalue weighted by Gasteiger charge is 2.31. The van der Waals surface area contributed by atoms with Gasteiger partial charge in [-0.2, -0.15) is 13.2 Å². The molecular formula is C31H35F3N8O2. The van der Waals surface area contributed by atoms with Crippen LogP contribution in [0.25, 0.3) is 11.3 Å². The lowest BCUT2D eigenvalue weighted by atomic mass is 10.1. The Morgan fingerprint density at radius 1 is 0.955 bits per heavy atom. The molecule has 3 N–H and O–H groups in total. The second kappa shape index (κ2) is 14.0. The number of amides is 2. The molecule has 0 aliphatic heterocycles. The van der Waals surface area contributed by atoms with Crippen LogP contribution in [0, 0.1) is 6.92 Å². The van der Waals surface area contributed by atoms with Crippen molar-refractivity contribution in [1.29, 1.82) is 0 Å². The van der Waals surface area contributed by atoms with E-state index in [1.165, 1.54) is 6.07 Å². The van der Waals surface area contributed by atoms with Crippen LogP contribution in [0.5, 0.6) is 11.6 Å². The number of ether oxygens (including phenoxy) is 1. The number of aromatic nitrogens is 3. The third-order valence-corrected chi connectivity index (χ3v) is 6.65. The maximum Gasteiger partial charge on any atom is 0.416 e. The van der Waals surface area contributed by atoms with Crippen molar-refractivity contribution in [3.63, 3.8) is 0 Å². The van der Waals surface area contributed by atoms with Gasteiger partial charge in [-0.05, 0) is 94.1 Å². The fraction of sp³-hybridized carbons (Fsp3) is 0.290. The number of benzene rings is 2. The number of carbonyl (C=O) groups excluding carboxylic acids is 1. The second-order valence-electron chi connectivity index (χ2n) is 10.3. The summed E-state index contributed by atoms with van der Waals surface area (Å²) in [5, 5.41) is 8.21. The predicted molar refractivity (Wildman–Crippen MR) is 167 cm³/mol. The summed E-state index contributed by atoms with van der Waals surface area (Å²) in [6.45, 7) is 3.21. The topological polar surface area (TPSA) is 108 Å². The number of nitrogens with zero attached hydrogens (tertiary/aromatic N) is 5. The van der Waals surface area contributed by atoms with E-state index in [-0.39, 0.29) is 5.69 Å². The van der Waals surface area contributed by atoms with Crippen molar-refractivity contribution in [3.05, 3.63) is 78.1 Å². The summed E-state index contributed by atoms with van der Waals surface area (Å²) in [6, 6.07) is 13.0. The quantitative estimate of drug-likeness (QED) is 0.172. The molecule has 0 fully saturated rings. The number of carbonyl (C=O) groups is 1. The standard InChI is InChI=1S/C31H35F3N8O2/c1-20-18-22(10-12-27(20)44-28-23(8-6-14-36-28)24-13-15-37-29(35-2)39-24)38-30(43)40-25-19-21(31(32,33)34)9-11-26(25)42(5)17-7-16-41(3)4/h6,8-15,18-19H,7,16-17H2,1-5H3,(H,35,37,39)(H2,38,40,43). The highest BCUT2D eigenvalue weighted by atomic mass is 19.4. The van der Waals surface area contributed by atoms with Gasteiger partial charge < -0.3 is 30.5 Å². The van der Waals surface area contributed by atoms with E-state index in [1.807, 2.05) is 30.0 Å². The average molecular weight is 609 g/mol. The van der Waals surface area contributed by atoms with Crippen LogP contribution in [0.15, 0.2) is 67.0 Å². The summed E-state index contributed by atoms with van der Waals surface area (Å²) in [7, 11) is 7.40. The average Bonchev–Trinajstić information content (AvgIpc) is 2.98. The van der Waals surface area contributed by atoms with Gasteiger partial charge in [0.2, 0.25) is 11.8 Å². The first-order chi connectivity index (χ1) is 20.9. The number of hydrogen-bond acceptors (Lipinski definition) is 8. The van der Waals surface area contributed by atoms with Crippen LogP contribution >= 0.6 is 0 Å². The third kappa shape index (κ3) is 8.34. The lowest BCUT2D eigenvalue weighted by molar-refractivity contribution is -0.137. The highest BCUT2D eigenvalue weighted by molar-refractivity contribution is 6.02. The van der Waals surface area contributed by atoms with Crippen molar-refractivity contribution in [2.75, 3.05) is 62.1 Å². The van der Waals surface area contributed by atoms with E-state index in [9.17, 15) is 18.0 Å². The van der Waals surface area contributed by atoms with Crippen LogP contribution in [0.2, 0.25) is 0 Å². The predicted octanol–water partition coefficient (Wildman–Crippen LogP) is 6.73. The monoisotopic (exact) mass is 608 g/mol. The molecule has 0 saturated carbocycles. The molecule has 4 aromatic rings. The van der Waals surface area contributed by atoms with Crippen molar-refractivity contribution in [1.82, 2.24) is 19.9 Å². The maximum absolute atomic E-state index is 13.5. The summed E-state index contributed by atoms with van der Waals surface area (Å²) in [5.41, 5.74) is 2.08. The molecular weight excluding hydrogens is 573 g/mol. The van der Waals surface area contributed by atoms with Crippen LogP contribution in [0.1, 0.15) is 17.5 Å². The largest absolute Gasteiger partial charge is 0.438 e. The second-order valence-corrected chi connectivity index (χ2v) is 10.3. The molecule has 2 aromatic heterocycles.